The largest absolute Gasteiger partial charge is 0.393 e. The molecule has 4 nitrogen and oxygen atoms in total. The van der Waals surface area contributed by atoms with Gasteiger partial charge in [0.1, 0.15) is 0 Å². The molecule has 1 amide bonds. The van der Waals surface area contributed by atoms with E-state index >= 15 is 0 Å². The minimum absolute atomic E-state index is 0.0880. The number of carbonyl (C=O) groups excluding carboxylic acids is 1. The van der Waals surface area contributed by atoms with Gasteiger partial charge in [-0.3, -0.25) is 4.79 Å². The first-order valence-corrected chi connectivity index (χ1v) is 8.27. The second-order valence-corrected chi connectivity index (χ2v) is 6.12. The Kier molecular flexibility index (Phi) is 5.26. The van der Waals surface area contributed by atoms with E-state index < -0.39 is 0 Å². The molecule has 1 aliphatic heterocycles. The molecule has 2 aromatic rings. The van der Waals surface area contributed by atoms with Crippen LogP contribution >= 0.6 is 0 Å². The topological polar surface area (TPSA) is 58.6 Å². The van der Waals surface area contributed by atoms with Gasteiger partial charge in [0.05, 0.1) is 6.10 Å². The molecule has 122 valence electrons. The van der Waals surface area contributed by atoms with Crippen LogP contribution in [0.4, 0.5) is 0 Å². The zero-order chi connectivity index (χ0) is 16.1. The van der Waals surface area contributed by atoms with Gasteiger partial charge in [-0.25, -0.2) is 0 Å². The molecule has 0 aliphatic carbocycles. The van der Waals surface area contributed by atoms with E-state index in [9.17, 15) is 9.90 Å². The molecule has 2 aromatic carbocycles. The molecule has 0 saturated carbocycles. The maximum Gasteiger partial charge on any atom is 0.251 e. The molecule has 1 fully saturated rings. The third kappa shape index (κ3) is 4.09. The van der Waals surface area contributed by atoms with E-state index in [1.807, 2.05) is 42.5 Å². The van der Waals surface area contributed by atoms with Crippen molar-refractivity contribution in [3.63, 3.8) is 0 Å². The van der Waals surface area contributed by atoms with Crippen molar-refractivity contribution in [2.45, 2.75) is 25.4 Å². The number of carbonyl (C=O) groups is 1. The number of fused-ring (bicyclic) bond motifs is 1. The van der Waals surface area contributed by atoms with E-state index in [1.165, 1.54) is 0 Å². The number of benzene rings is 2. The standard InChI is InChI=1S/C19H23NO3/c21-18(15-8-11-23-12-9-15)7-10-20-19(22)17-6-5-14-3-1-2-4-16(14)13-17/h1-6,13,15,18,21H,7-12H2,(H,20,22)/t18-/m1/s1. The van der Waals surface area contributed by atoms with Crippen LogP contribution in [0.1, 0.15) is 29.6 Å². The molecule has 0 unspecified atom stereocenters. The number of nitrogens with one attached hydrogen (secondary N) is 1. The van der Waals surface area contributed by atoms with Crippen LogP contribution in [0.3, 0.4) is 0 Å². The Morgan fingerprint density at radius 2 is 1.91 bits per heavy atom. The molecule has 1 heterocycles. The third-order valence-corrected chi connectivity index (χ3v) is 4.55. The van der Waals surface area contributed by atoms with Gasteiger partial charge in [0.15, 0.2) is 0 Å². The molecule has 1 saturated heterocycles. The zero-order valence-corrected chi connectivity index (χ0v) is 13.2. The predicted octanol–water partition coefficient (Wildman–Crippen LogP) is 2.75. The fourth-order valence-corrected chi connectivity index (χ4v) is 3.10. The van der Waals surface area contributed by atoms with E-state index in [0.717, 1.165) is 36.8 Å². The van der Waals surface area contributed by atoms with Crippen molar-refractivity contribution in [2.24, 2.45) is 5.92 Å². The number of rotatable bonds is 5. The summed E-state index contributed by atoms with van der Waals surface area (Å²) in [7, 11) is 0. The lowest BCUT2D eigenvalue weighted by Crippen LogP contribution is -2.32. The van der Waals surface area contributed by atoms with Gasteiger partial charge in [0.2, 0.25) is 0 Å². The van der Waals surface area contributed by atoms with Gasteiger partial charge in [-0.2, -0.15) is 0 Å². The van der Waals surface area contributed by atoms with Gasteiger partial charge in [-0.1, -0.05) is 30.3 Å². The highest BCUT2D eigenvalue weighted by Crippen LogP contribution is 2.20. The summed E-state index contributed by atoms with van der Waals surface area (Å²) in [6.07, 6.45) is 2.03. The van der Waals surface area contributed by atoms with Gasteiger partial charge in [-0.15, -0.1) is 0 Å². The Morgan fingerprint density at radius 1 is 1.17 bits per heavy atom. The van der Waals surface area contributed by atoms with Crippen LogP contribution < -0.4 is 5.32 Å². The number of hydrogen-bond acceptors (Lipinski definition) is 3. The van der Waals surface area contributed by atoms with E-state index in [4.69, 9.17) is 4.74 Å². The Morgan fingerprint density at radius 3 is 2.70 bits per heavy atom. The fourth-order valence-electron chi connectivity index (χ4n) is 3.10. The number of aliphatic hydroxyl groups is 1. The molecule has 1 aliphatic rings. The van der Waals surface area contributed by atoms with E-state index in [2.05, 4.69) is 5.32 Å². The van der Waals surface area contributed by atoms with Gasteiger partial charge >= 0.3 is 0 Å². The first-order valence-electron chi connectivity index (χ1n) is 8.27. The SMILES string of the molecule is O=C(NCC[C@@H](O)C1CCOCC1)c1ccc2ccccc2c1. The highest BCUT2D eigenvalue weighted by molar-refractivity contribution is 5.98. The first kappa shape index (κ1) is 16.0. The van der Waals surface area contributed by atoms with Crippen LogP contribution in [-0.2, 0) is 4.74 Å². The molecule has 0 bridgehead atoms. The fraction of sp³-hybridized carbons (Fsp3) is 0.421. The molecule has 23 heavy (non-hydrogen) atoms. The molecule has 0 radical (unpaired) electrons. The van der Waals surface area contributed by atoms with Crippen LogP contribution in [0.2, 0.25) is 0 Å². The zero-order valence-electron chi connectivity index (χ0n) is 13.2. The summed E-state index contributed by atoms with van der Waals surface area (Å²) >= 11 is 0. The Bertz CT molecular complexity index is 664. The maximum atomic E-state index is 12.2. The molecule has 0 aromatic heterocycles. The van der Waals surface area contributed by atoms with Gasteiger partial charge in [0.25, 0.3) is 5.91 Å². The highest BCUT2D eigenvalue weighted by atomic mass is 16.5. The lowest BCUT2D eigenvalue weighted by atomic mass is 9.92. The number of aliphatic hydroxyl groups excluding tert-OH is 1. The molecule has 3 rings (SSSR count). The van der Waals surface area contributed by atoms with Crippen molar-refractivity contribution in [3.8, 4) is 0 Å². The van der Waals surface area contributed by atoms with Crippen molar-refractivity contribution >= 4 is 16.7 Å². The van der Waals surface area contributed by atoms with E-state index in [0.29, 0.717) is 24.4 Å². The van der Waals surface area contributed by atoms with Crippen molar-refractivity contribution in [2.75, 3.05) is 19.8 Å². The summed E-state index contributed by atoms with van der Waals surface area (Å²) in [6, 6.07) is 13.7. The van der Waals surface area contributed by atoms with Crippen LogP contribution in [0.15, 0.2) is 42.5 Å². The smallest absolute Gasteiger partial charge is 0.251 e. The lowest BCUT2D eigenvalue weighted by molar-refractivity contribution is 0.00528. The van der Waals surface area contributed by atoms with Crippen molar-refractivity contribution in [1.82, 2.24) is 5.32 Å². The lowest BCUT2D eigenvalue weighted by Gasteiger charge is -2.26. The van der Waals surface area contributed by atoms with Crippen molar-refractivity contribution in [1.29, 1.82) is 0 Å². The van der Waals surface area contributed by atoms with Crippen LogP contribution in [0, 0.1) is 5.92 Å². The number of amides is 1. The molecule has 2 N–H and O–H groups in total. The molecule has 1 atom stereocenters. The molecule has 4 heteroatoms. The summed E-state index contributed by atoms with van der Waals surface area (Å²) in [5.41, 5.74) is 0.657. The summed E-state index contributed by atoms with van der Waals surface area (Å²) < 4.78 is 5.30. The molecular formula is C19H23NO3. The van der Waals surface area contributed by atoms with Crippen LogP contribution in [0.5, 0.6) is 0 Å². The maximum absolute atomic E-state index is 12.2. The molecular weight excluding hydrogens is 290 g/mol. The Balaban J connectivity index is 1.51. The molecule has 0 spiro atoms. The summed E-state index contributed by atoms with van der Waals surface area (Å²) in [5.74, 6) is 0.205. The van der Waals surface area contributed by atoms with Crippen LogP contribution in [0.25, 0.3) is 10.8 Å². The van der Waals surface area contributed by atoms with Gasteiger partial charge < -0.3 is 15.2 Å². The minimum Gasteiger partial charge on any atom is -0.393 e. The first-order chi connectivity index (χ1) is 11.2. The normalized spacial score (nSPS) is 17.1. The Hall–Kier alpha value is -1.91. The third-order valence-electron chi connectivity index (χ3n) is 4.55. The number of hydrogen-bond donors (Lipinski definition) is 2. The monoisotopic (exact) mass is 313 g/mol. The average molecular weight is 313 g/mol. The average Bonchev–Trinajstić information content (AvgIpc) is 2.61. The van der Waals surface area contributed by atoms with Crippen molar-refractivity contribution < 1.29 is 14.6 Å². The van der Waals surface area contributed by atoms with Crippen LogP contribution in [-0.4, -0.2) is 36.9 Å². The van der Waals surface area contributed by atoms with Gasteiger partial charge in [-0.05, 0) is 48.1 Å². The van der Waals surface area contributed by atoms with E-state index in [1.54, 1.807) is 0 Å². The second kappa shape index (κ2) is 7.57. The van der Waals surface area contributed by atoms with E-state index in [-0.39, 0.29) is 12.0 Å². The Labute approximate surface area is 136 Å². The quantitative estimate of drug-likeness (QED) is 0.892. The summed E-state index contributed by atoms with van der Waals surface area (Å²) in [5, 5.41) is 15.3. The number of ether oxygens (including phenoxy) is 1. The summed E-state index contributed by atoms with van der Waals surface area (Å²) in [6.45, 7) is 1.94. The van der Waals surface area contributed by atoms with Crippen molar-refractivity contribution in [3.05, 3.63) is 48.0 Å². The second-order valence-electron chi connectivity index (χ2n) is 6.12. The van der Waals surface area contributed by atoms with Gasteiger partial charge in [0, 0.05) is 25.3 Å². The highest BCUT2D eigenvalue weighted by Gasteiger charge is 2.21. The minimum atomic E-state index is -0.365. The summed E-state index contributed by atoms with van der Waals surface area (Å²) in [4.78, 5) is 12.2. The predicted molar refractivity (Wildman–Crippen MR) is 90.4 cm³/mol.